The van der Waals surface area contributed by atoms with E-state index >= 15 is 0 Å². The van der Waals surface area contributed by atoms with Gasteiger partial charge in [0.1, 0.15) is 22.7 Å². The van der Waals surface area contributed by atoms with Crippen molar-refractivity contribution < 1.29 is 20.1 Å². The van der Waals surface area contributed by atoms with Crippen molar-refractivity contribution in [3.8, 4) is 22.6 Å². The number of pyridine rings is 2. The summed E-state index contributed by atoms with van der Waals surface area (Å²) in [5.41, 5.74) is -4.93. The summed E-state index contributed by atoms with van der Waals surface area (Å²) < 4.78 is 4.94. The zero-order valence-electron chi connectivity index (χ0n) is 24.4. The lowest BCUT2D eigenvalue weighted by molar-refractivity contribution is 0.362. The Morgan fingerprint density at radius 2 is 1.57 bits per heavy atom. The van der Waals surface area contributed by atoms with Gasteiger partial charge in [-0.2, -0.15) is 0 Å². The van der Waals surface area contributed by atoms with Gasteiger partial charge in [-0.05, 0) is 60.7 Å². The van der Waals surface area contributed by atoms with Crippen LogP contribution in [0.25, 0.3) is 39.5 Å². The third-order valence-corrected chi connectivity index (χ3v) is 9.00. The van der Waals surface area contributed by atoms with Crippen molar-refractivity contribution >= 4 is 28.4 Å². The second kappa shape index (κ2) is 9.96. The second-order valence-corrected chi connectivity index (χ2v) is 11.2. The molecule has 4 N–H and O–H groups in total. The van der Waals surface area contributed by atoms with Crippen molar-refractivity contribution in [1.82, 2.24) is 9.97 Å². The van der Waals surface area contributed by atoms with Gasteiger partial charge in [0.15, 0.2) is 11.2 Å². The molecule has 0 aliphatic heterocycles. The van der Waals surface area contributed by atoms with Crippen LogP contribution in [0.5, 0.6) is 11.5 Å². The van der Waals surface area contributed by atoms with E-state index in [0.717, 1.165) is 13.2 Å². The number of aromatic nitrogens is 2. The molecular weight excluding hydrogens is 592 g/mol. The van der Waals surface area contributed by atoms with Crippen LogP contribution in [-0.2, 0) is 11.8 Å². The van der Waals surface area contributed by atoms with Crippen LogP contribution in [0.3, 0.4) is 0 Å². The fourth-order valence-corrected chi connectivity index (χ4v) is 7.07. The zero-order valence-corrected chi connectivity index (χ0v) is 24.4. The summed E-state index contributed by atoms with van der Waals surface area (Å²) in [4.78, 5) is 74.1. The maximum atomic E-state index is 13.8. The number of nitrogens with zero attached hydrogens (tertiary/aromatic N) is 1. The Bertz CT molecular complexity index is 2720. The Balaban J connectivity index is 1.68. The number of H-pyrrole nitrogens is 1. The average molecular weight is 617 g/mol. The van der Waals surface area contributed by atoms with Crippen LogP contribution < -0.4 is 42.4 Å². The third-order valence-electron chi connectivity index (χ3n) is 9.00. The number of allylic oxidation sites excluding steroid dienone is 3. The lowest BCUT2D eigenvalue weighted by Gasteiger charge is -2.28. The molecule has 1 spiro atoms. The SMILES string of the molecule is C/C=C/C=C/c1cc2c(-c3ccncc3)c3c(c(O)c2c(=O)[nH]1)C1(CC3)C(O)=c2c(=O)c3c(=O)cc(OC)c(=O)c=3c(=O)c2=C1O. The van der Waals surface area contributed by atoms with Gasteiger partial charge >= 0.3 is 0 Å². The first-order chi connectivity index (χ1) is 22.1. The molecule has 46 heavy (non-hydrogen) atoms. The quantitative estimate of drug-likeness (QED) is 0.214. The Kier molecular flexibility index (Phi) is 6.21. The van der Waals surface area contributed by atoms with Crippen LogP contribution in [0, 0.1) is 10.4 Å². The van der Waals surface area contributed by atoms with E-state index in [1.807, 2.05) is 13.0 Å². The smallest absolute Gasteiger partial charge is 0.260 e. The van der Waals surface area contributed by atoms with E-state index in [2.05, 4.69) is 9.97 Å². The lowest BCUT2D eigenvalue weighted by atomic mass is 9.77. The highest BCUT2D eigenvalue weighted by molar-refractivity contribution is 6.05. The molecule has 0 bridgehead atoms. The van der Waals surface area contributed by atoms with Gasteiger partial charge in [0.05, 0.1) is 33.4 Å². The minimum absolute atomic E-state index is 0.0640. The number of hydrogen-bond donors (Lipinski definition) is 4. The minimum Gasteiger partial charge on any atom is -0.510 e. The topological polar surface area (TPSA) is 184 Å². The summed E-state index contributed by atoms with van der Waals surface area (Å²) in [6.07, 6.45) is 10.1. The first kappa shape index (κ1) is 28.7. The summed E-state index contributed by atoms with van der Waals surface area (Å²) in [5, 5.41) is 33.0. The molecule has 0 saturated heterocycles. The third kappa shape index (κ3) is 3.53. The predicted octanol–water partition coefficient (Wildman–Crippen LogP) is 1.16. The van der Waals surface area contributed by atoms with Gasteiger partial charge in [0.25, 0.3) is 5.56 Å². The number of aliphatic hydroxyl groups excluding tert-OH is 2. The van der Waals surface area contributed by atoms with Crippen LogP contribution in [0.15, 0.2) is 78.9 Å². The van der Waals surface area contributed by atoms with Crippen molar-refractivity contribution in [2.24, 2.45) is 0 Å². The standard InChI is InChI=1S/C35H24N2O9/c1-3-4-5-6-16-13-18-21(15-8-11-36-12-9-15)17-7-10-35(27(17)31(42)22(18)34(45)37-16)32(43)25-26(33(35)44)30(41)24-23(29(25)40)19(38)14-20(46-2)28(24)39/h3-6,8-9,11-14,42-44H,7,10H2,1-2H3,(H,37,45)/b4-3+,6-5+. The van der Waals surface area contributed by atoms with E-state index in [-0.39, 0.29) is 23.8 Å². The number of benzene rings is 1. The van der Waals surface area contributed by atoms with Crippen molar-refractivity contribution in [3.05, 3.63) is 144 Å². The van der Waals surface area contributed by atoms with E-state index in [1.165, 1.54) is 0 Å². The van der Waals surface area contributed by atoms with Crippen LogP contribution in [0.2, 0.25) is 0 Å². The molecule has 11 heteroatoms. The fraction of sp³-hybridized carbons (Fsp3) is 0.143. The van der Waals surface area contributed by atoms with Gasteiger partial charge in [-0.3, -0.25) is 29.0 Å². The first-order valence-electron chi connectivity index (χ1n) is 14.3. The number of ether oxygens (including phenoxy) is 1. The second-order valence-electron chi connectivity index (χ2n) is 11.2. The van der Waals surface area contributed by atoms with Gasteiger partial charge in [0.2, 0.25) is 16.3 Å². The van der Waals surface area contributed by atoms with Gasteiger partial charge in [-0.15, -0.1) is 0 Å². The molecule has 0 saturated carbocycles. The number of aromatic amines is 1. The van der Waals surface area contributed by atoms with Crippen LogP contribution >= 0.6 is 0 Å². The fourth-order valence-electron chi connectivity index (χ4n) is 7.07. The van der Waals surface area contributed by atoms with E-state index in [0.29, 0.717) is 27.8 Å². The van der Waals surface area contributed by atoms with E-state index in [9.17, 15) is 39.3 Å². The van der Waals surface area contributed by atoms with Gasteiger partial charge < -0.3 is 25.0 Å². The van der Waals surface area contributed by atoms with Crippen LogP contribution in [0.1, 0.15) is 30.2 Å². The number of aliphatic hydroxyl groups is 2. The molecule has 0 amide bonds. The summed E-state index contributed by atoms with van der Waals surface area (Å²) in [5.74, 6) is -2.54. The molecular formula is C35H24N2O9. The summed E-state index contributed by atoms with van der Waals surface area (Å²) in [6, 6.07) is 5.91. The van der Waals surface area contributed by atoms with Gasteiger partial charge in [-0.1, -0.05) is 18.2 Å². The molecule has 1 unspecified atom stereocenters. The average Bonchev–Trinajstić information content (AvgIpc) is 3.54. The summed E-state index contributed by atoms with van der Waals surface area (Å²) >= 11 is 0. The number of rotatable bonds is 4. The molecule has 228 valence electrons. The highest BCUT2D eigenvalue weighted by Gasteiger charge is 2.54. The van der Waals surface area contributed by atoms with Gasteiger partial charge in [0, 0.05) is 35.1 Å². The molecule has 3 aromatic rings. The molecule has 2 heterocycles. The predicted molar refractivity (Wildman–Crippen MR) is 170 cm³/mol. The minimum atomic E-state index is -2.03. The van der Waals surface area contributed by atoms with E-state index in [4.69, 9.17) is 4.74 Å². The van der Waals surface area contributed by atoms with Gasteiger partial charge in [-0.25, -0.2) is 0 Å². The number of phenols is 1. The molecule has 7 rings (SSSR count). The molecule has 2 aromatic heterocycles. The molecule has 1 atom stereocenters. The number of hydrogen-bond acceptors (Lipinski definition) is 10. The maximum absolute atomic E-state index is 13.8. The summed E-state index contributed by atoms with van der Waals surface area (Å²) in [6.45, 7) is 1.84. The lowest BCUT2D eigenvalue weighted by Crippen LogP contribution is -2.51. The molecule has 4 aliphatic carbocycles. The Labute approximate surface area is 257 Å². The van der Waals surface area contributed by atoms with E-state index in [1.54, 1.807) is 48.8 Å². The highest BCUT2D eigenvalue weighted by Crippen LogP contribution is 2.56. The van der Waals surface area contributed by atoms with Crippen molar-refractivity contribution in [2.45, 2.75) is 25.2 Å². The highest BCUT2D eigenvalue weighted by atomic mass is 16.5. The molecule has 11 nitrogen and oxygen atoms in total. The monoisotopic (exact) mass is 616 g/mol. The maximum Gasteiger partial charge on any atom is 0.260 e. The van der Waals surface area contributed by atoms with E-state index < -0.39 is 76.6 Å². The van der Waals surface area contributed by atoms with Crippen LogP contribution in [-0.4, -0.2) is 32.4 Å². The Hall–Kier alpha value is -6.10. The number of methoxy groups -OCH3 is 1. The number of phenolic OH excluding ortho intramolecular Hbond substituents is 1. The molecule has 1 aromatic carbocycles. The van der Waals surface area contributed by atoms with Crippen molar-refractivity contribution in [1.29, 1.82) is 0 Å². The Morgan fingerprint density at radius 3 is 2.22 bits per heavy atom. The molecule has 0 fully saturated rings. The van der Waals surface area contributed by atoms with Crippen molar-refractivity contribution in [3.63, 3.8) is 0 Å². The van der Waals surface area contributed by atoms with Crippen molar-refractivity contribution in [2.75, 3.05) is 7.11 Å². The molecule has 4 aliphatic rings. The Morgan fingerprint density at radius 1 is 0.891 bits per heavy atom. The normalized spacial score (nSPS) is 17.3. The number of fused-ring (bicyclic) bond motifs is 4. The summed E-state index contributed by atoms with van der Waals surface area (Å²) in [7, 11) is 1.13. The number of aromatic hydroxyl groups is 1. The number of nitrogens with one attached hydrogen (secondary N) is 1. The first-order valence-corrected chi connectivity index (χ1v) is 14.3. The van der Waals surface area contributed by atoms with Crippen LogP contribution in [0.4, 0.5) is 0 Å². The molecule has 0 radical (unpaired) electrons. The zero-order chi connectivity index (χ0) is 32.7. The largest absolute Gasteiger partial charge is 0.510 e.